The molecule has 0 atom stereocenters. The quantitative estimate of drug-likeness (QED) is 0.352. The van der Waals surface area contributed by atoms with Gasteiger partial charge in [0.2, 0.25) is 0 Å². The van der Waals surface area contributed by atoms with Crippen molar-refractivity contribution in [3.05, 3.63) is 76.9 Å². The van der Waals surface area contributed by atoms with Crippen LogP contribution in [0.3, 0.4) is 0 Å². The van der Waals surface area contributed by atoms with Crippen LogP contribution in [0.4, 0.5) is 0 Å². The van der Waals surface area contributed by atoms with Gasteiger partial charge >= 0.3 is 0 Å². The van der Waals surface area contributed by atoms with E-state index in [-0.39, 0.29) is 9.68 Å². The van der Waals surface area contributed by atoms with Crippen molar-refractivity contribution < 1.29 is 9.47 Å². The van der Waals surface area contributed by atoms with Crippen molar-refractivity contribution in [3.8, 4) is 11.5 Å². The normalized spacial score (nSPS) is 10.8. The minimum absolute atomic E-state index is 0.164. The van der Waals surface area contributed by atoms with Gasteiger partial charge in [0.1, 0.15) is 21.2 Å². The van der Waals surface area contributed by atoms with E-state index >= 15 is 0 Å². The average molecular weight is 568 g/mol. The van der Waals surface area contributed by atoms with Crippen molar-refractivity contribution >= 4 is 45.7 Å². The molecule has 0 saturated carbocycles. The molecule has 0 amide bonds. The molecule has 38 heavy (non-hydrogen) atoms. The zero-order valence-electron chi connectivity index (χ0n) is 25.9. The van der Waals surface area contributed by atoms with E-state index in [1.165, 1.54) is 45.7 Å². The highest BCUT2D eigenvalue weighted by molar-refractivity contribution is 6.50. The van der Waals surface area contributed by atoms with Gasteiger partial charge in [-0.3, -0.25) is 0 Å². The molecule has 0 spiro atoms. The highest BCUT2D eigenvalue weighted by Gasteiger charge is 2.09. The van der Waals surface area contributed by atoms with Gasteiger partial charge in [0.05, 0.1) is 13.2 Å². The van der Waals surface area contributed by atoms with Gasteiger partial charge in [-0.05, 0) is 93.2 Å². The van der Waals surface area contributed by atoms with Gasteiger partial charge in [-0.15, -0.1) is 0 Å². The van der Waals surface area contributed by atoms with E-state index in [1.54, 1.807) is 5.19 Å². The van der Waals surface area contributed by atoms with Crippen molar-refractivity contribution in [1.29, 1.82) is 0 Å². The third kappa shape index (κ3) is 11.3. The molecule has 3 nitrogen and oxygen atoms in total. The van der Waals surface area contributed by atoms with Crippen molar-refractivity contribution in [1.82, 2.24) is 4.57 Å². The maximum absolute atomic E-state index is 5.67. The Bertz CT molecular complexity index is 1070. The molecule has 0 N–H and O–H groups in total. The number of benzene rings is 3. The summed E-state index contributed by atoms with van der Waals surface area (Å²) in [5, 5.41) is 4.52. The van der Waals surface area contributed by atoms with E-state index in [0.29, 0.717) is 0 Å². The van der Waals surface area contributed by atoms with Gasteiger partial charge in [0.25, 0.3) is 0 Å². The van der Waals surface area contributed by atoms with Gasteiger partial charge in [-0.25, -0.2) is 0 Å². The lowest BCUT2D eigenvalue weighted by Crippen LogP contribution is -2.35. The Labute approximate surface area is 242 Å². The maximum atomic E-state index is 5.67. The van der Waals surface area contributed by atoms with Crippen LogP contribution in [0.25, 0.3) is 0 Å². The molecule has 0 aliphatic carbocycles. The highest BCUT2D eigenvalue weighted by Crippen LogP contribution is 2.23. The fraction of sp³-hybridized carbons (Fsp3) is 0.438. The lowest BCUT2D eigenvalue weighted by Gasteiger charge is -2.17. The van der Waals surface area contributed by atoms with Crippen LogP contribution >= 0.6 is 0 Å². The number of ether oxygens (including phenoxy) is 2. The molecule has 6 heteroatoms. The number of aryl methyl sites for hydroxylation is 3. The Hall–Kier alpha value is -2.13. The minimum Gasteiger partial charge on any atom is -0.494 e. The van der Waals surface area contributed by atoms with Gasteiger partial charge < -0.3 is 14.0 Å². The van der Waals surface area contributed by atoms with E-state index in [4.69, 9.17) is 9.47 Å². The fourth-order valence-electron chi connectivity index (χ4n) is 4.49. The van der Waals surface area contributed by atoms with Crippen molar-refractivity contribution in [2.24, 2.45) is 0 Å². The largest absolute Gasteiger partial charge is 0.494 e. The van der Waals surface area contributed by atoms with Crippen molar-refractivity contribution in [2.45, 2.75) is 68.2 Å². The average Bonchev–Trinajstić information content (AvgIpc) is 2.93. The number of hydrogen-bond donors (Lipinski definition) is 0. The predicted molar refractivity (Wildman–Crippen MR) is 180 cm³/mol. The molecule has 0 aliphatic rings. The van der Waals surface area contributed by atoms with Crippen LogP contribution in [0.1, 0.15) is 63.8 Å². The summed E-state index contributed by atoms with van der Waals surface area (Å²) in [6.45, 7) is 21.2. The minimum atomic E-state index is -0.164. The zero-order chi connectivity index (χ0) is 28.5. The summed E-state index contributed by atoms with van der Waals surface area (Å²) in [4.78, 5) is 0. The molecule has 210 valence electrons. The summed E-state index contributed by atoms with van der Waals surface area (Å²) in [6.07, 6.45) is 2.26. The summed E-state index contributed by atoms with van der Waals surface area (Å²) in [6, 6.07) is 19.5. The second kappa shape index (κ2) is 19.0. The van der Waals surface area contributed by atoms with Crippen molar-refractivity contribution in [3.63, 3.8) is 0 Å². The molecule has 0 saturated heterocycles. The first-order valence-corrected chi connectivity index (χ1v) is 17.8. The lowest BCUT2D eigenvalue weighted by atomic mass is 10.0. The van der Waals surface area contributed by atoms with Crippen LogP contribution in [0, 0.1) is 13.8 Å². The molecular weight excluding hydrogens is 515 g/mol. The summed E-state index contributed by atoms with van der Waals surface area (Å²) in [5.41, 5.74) is 5.59. The second-order valence-electron chi connectivity index (χ2n) is 9.54. The monoisotopic (exact) mass is 567 g/mol. The molecule has 0 unspecified atom stereocenters. The molecule has 3 rings (SSSR count). The van der Waals surface area contributed by atoms with E-state index in [2.05, 4.69) is 101 Å². The maximum Gasteiger partial charge on any atom is 0.127 e. The molecule has 3 aromatic rings. The molecule has 0 radical (unpaired) electrons. The molecule has 0 aromatic heterocycles. The van der Waals surface area contributed by atoms with E-state index < -0.39 is 0 Å². The lowest BCUT2D eigenvalue weighted by molar-refractivity contribution is 0.336. The molecule has 0 bridgehead atoms. The van der Waals surface area contributed by atoms with Gasteiger partial charge in [-0.2, -0.15) is 0 Å². The molecule has 0 fully saturated rings. The van der Waals surface area contributed by atoms with Crippen LogP contribution in [0.15, 0.2) is 54.6 Å². The molecule has 0 heterocycles. The predicted octanol–water partition coefficient (Wildman–Crippen LogP) is 2.63. The Kier molecular flexibility index (Phi) is 17.0. The smallest absolute Gasteiger partial charge is 0.127 e. The van der Waals surface area contributed by atoms with Crippen LogP contribution in [-0.2, 0) is 12.8 Å². The fourth-order valence-corrected chi connectivity index (χ4v) is 7.46. The van der Waals surface area contributed by atoms with E-state index in [9.17, 15) is 0 Å². The summed E-state index contributed by atoms with van der Waals surface area (Å²) >= 11 is 0. The highest BCUT2D eigenvalue weighted by atomic mass is 28.2. The van der Waals surface area contributed by atoms with E-state index in [0.717, 1.165) is 58.0 Å². The van der Waals surface area contributed by atoms with Gasteiger partial charge in [0, 0.05) is 20.5 Å². The third-order valence-corrected chi connectivity index (χ3v) is 11.5. The first-order valence-electron chi connectivity index (χ1n) is 14.5. The van der Waals surface area contributed by atoms with E-state index in [1.807, 2.05) is 13.8 Å². The third-order valence-electron chi connectivity index (χ3n) is 6.95. The summed E-state index contributed by atoms with van der Waals surface area (Å²) < 4.78 is 13.6. The Morgan fingerprint density at radius 2 is 1.34 bits per heavy atom. The Balaban J connectivity index is 0.000000286. The number of rotatable bonds is 10. The second-order valence-corrected chi connectivity index (χ2v) is 13.6. The van der Waals surface area contributed by atoms with Crippen molar-refractivity contribution in [2.75, 3.05) is 26.3 Å². The van der Waals surface area contributed by atoms with Gasteiger partial charge in [-0.1, -0.05) is 80.5 Å². The number of nitrogens with zero attached hydrogens (tertiary/aromatic N) is 1. The van der Waals surface area contributed by atoms with Crippen LogP contribution in [-0.4, -0.2) is 61.0 Å². The SMILES string of the molecule is CCN(CC)[SiH2]c1ccccc1.CCOc1c(C)cc(CC)c([SiH3])c1C.CCOc1ccc(CC)c([SiH3])c1. The molecular formula is C32H53NO2Si3. The Morgan fingerprint density at radius 1 is 0.737 bits per heavy atom. The summed E-state index contributed by atoms with van der Waals surface area (Å²) in [7, 11) is 2.06. The first-order chi connectivity index (χ1) is 18.3. The van der Waals surface area contributed by atoms with Crippen LogP contribution < -0.4 is 25.0 Å². The summed E-state index contributed by atoms with van der Waals surface area (Å²) in [5.74, 6) is 2.12. The topological polar surface area (TPSA) is 21.7 Å². The van der Waals surface area contributed by atoms with Crippen LogP contribution in [0.5, 0.6) is 11.5 Å². The molecule has 0 aliphatic heterocycles. The first kappa shape index (κ1) is 33.9. The number of hydrogen-bond acceptors (Lipinski definition) is 3. The van der Waals surface area contributed by atoms with Crippen LogP contribution in [0.2, 0.25) is 0 Å². The standard InChI is InChI=1S/C12H20OSi.C10H17NSi.C10H16OSi/c1-5-10-7-8(3)11(13-6-2)9(4)12(10)14;1-3-11(4-2)12-10-8-6-5-7-9-10;1-3-8-5-6-9(11-4-2)7-10(8)12/h7H,5-6H2,1-4,14H3;5-9H,3-4,12H2,1-2H3;5-7H,3-4H2,1-2,12H3. The Morgan fingerprint density at radius 3 is 1.84 bits per heavy atom. The zero-order valence-corrected chi connectivity index (χ0v) is 31.3. The molecule has 3 aromatic carbocycles. The van der Waals surface area contributed by atoms with Gasteiger partial charge in [0.15, 0.2) is 0 Å².